The van der Waals surface area contributed by atoms with Gasteiger partial charge in [-0.3, -0.25) is 4.79 Å². The second-order valence-electron chi connectivity index (χ2n) is 7.02. The minimum absolute atomic E-state index is 0.115. The maximum absolute atomic E-state index is 13.3. The van der Waals surface area contributed by atoms with E-state index >= 15 is 0 Å². The number of alkyl halides is 3. The number of fused-ring (bicyclic) bond motifs is 1. The number of nitrogens with one attached hydrogen (secondary N) is 2. The van der Waals surface area contributed by atoms with Gasteiger partial charge in [0, 0.05) is 11.4 Å². The van der Waals surface area contributed by atoms with Gasteiger partial charge in [-0.25, -0.2) is 4.68 Å². The fourth-order valence-corrected chi connectivity index (χ4v) is 3.47. The molecule has 1 aliphatic rings. The SMILES string of the molecule is COc1ccc([C@@H]2C(C(=O)Nc3ccccc3)=C(C)Nc3nc(C(F)(F)F)nn32)cc1O. The molecule has 0 aliphatic carbocycles. The Hall–Kier alpha value is -4.02. The van der Waals surface area contributed by atoms with Gasteiger partial charge in [0.15, 0.2) is 11.5 Å². The van der Waals surface area contributed by atoms with Crippen LogP contribution < -0.4 is 15.4 Å². The van der Waals surface area contributed by atoms with E-state index in [0.717, 1.165) is 4.68 Å². The maximum Gasteiger partial charge on any atom is 0.453 e. The first-order valence-corrected chi connectivity index (χ1v) is 9.44. The summed E-state index contributed by atoms with van der Waals surface area (Å²) in [4.78, 5) is 16.7. The summed E-state index contributed by atoms with van der Waals surface area (Å²) in [7, 11) is 1.37. The van der Waals surface area contributed by atoms with E-state index in [2.05, 4.69) is 20.7 Å². The Kier molecular flexibility index (Phi) is 5.25. The van der Waals surface area contributed by atoms with E-state index in [-0.39, 0.29) is 23.0 Å². The van der Waals surface area contributed by atoms with Crippen LogP contribution in [0.1, 0.15) is 24.4 Å². The van der Waals surface area contributed by atoms with Crippen molar-refractivity contribution < 1.29 is 27.8 Å². The van der Waals surface area contributed by atoms with Crippen LogP contribution in [0, 0.1) is 0 Å². The number of carbonyl (C=O) groups excluding carboxylic acids is 1. The van der Waals surface area contributed by atoms with Crippen LogP contribution in [0.3, 0.4) is 0 Å². The van der Waals surface area contributed by atoms with E-state index < -0.39 is 23.9 Å². The first-order chi connectivity index (χ1) is 15.2. The molecule has 1 atom stereocenters. The molecule has 3 aromatic rings. The summed E-state index contributed by atoms with van der Waals surface area (Å²) in [5.41, 5.74) is 1.24. The first kappa shape index (κ1) is 21.2. The van der Waals surface area contributed by atoms with E-state index in [1.807, 2.05) is 0 Å². The van der Waals surface area contributed by atoms with Gasteiger partial charge in [-0.05, 0) is 36.8 Å². The van der Waals surface area contributed by atoms with Crippen molar-refractivity contribution in [3.8, 4) is 11.5 Å². The number of hydrogen-bond donors (Lipinski definition) is 3. The number of para-hydroxylation sites is 1. The molecule has 0 fully saturated rings. The zero-order valence-electron chi connectivity index (χ0n) is 16.9. The number of aromatic hydroxyl groups is 1. The Morgan fingerprint density at radius 3 is 2.56 bits per heavy atom. The molecule has 0 saturated heterocycles. The smallest absolute Gasteiger partial charge is 0.453 e. The Morgan fingerprint density at radius 1 is 1.22 bits per heavy atom. The molecule has 1 aromatic heterocycles. The molecule has 0 spiro atoms. The topological polar surface area (TPSA) is 101 Å². The average molecular weight is 445 g/mol. The first-order valence-electron chi connectivity index (χ1n) is 9.44. The van der Waals surface area contributed by atoms with Gasteiger partial charge in [-0.1, -0.05) is 24.3 Å². The number of carbonyl (C=O) groups is 1. The van der Waals surface area contributed by atoms with Gasteiger partial charge in [-0.2, -0.15) is 18.2 Å². The van der Waals surface area contributed by atoms with Crippen molar-refractivity contribution in [2.75, 3.05) is 17.7 Å². The molecule has 0 unspecified atom stereocenters. The van der Waals surface area contributed by atoms with Crippen LogP contribution in [-0.2, 0) is 11.0 Å². The highest BCUT2D eigenvalue weighted by Gasteiger charge is 2.41. The maximum atomic E-state index is 13.3. The van der Waals surface area contributed by atoms with Crippen molar-refractivity contribution in [2.24, 2.45) is 0 Å². The van der Waals surface area contributed by atoms with E-state index in [9.17, 15) is 23.1 Å². The van der Waals surface area contributed by atoms with Crippen molar-refractivity contribution in [3.63, 3.8) is 0 Å². The average Bonchev–Trinajstić information content (AvgIpc) is 3.17. The molecule has 166 valence electrons. The van der Waals surface area contributed by atoms with Crippen LogP contribution in [-0.4, -0.2) is 32.9 Å². The molecule has 1 amide bonds. The van der Waals surface area contributed by atoms with Gasteiger partial charge in [-0.15, -0.1) is 5.10 Å². The zero-order chi connectivity index (χ0) is 23.0. The molecule has 2 aromatic carbocycles. The van der Waals surface area contributed by atoms with E-state index in [0.29, 0.717) is 16.9 Å². The predicted octanol–water partition coefficient (Wildman–Crippen LogP) is 3.94. The number of rotatable bonds is 4. The highest BCUT2D eigenvalue weighted by atomic mass is 19.4. The van der Waals surface area contributed by atoms with Crippen molar-refractivity contribution >= 4 is 17.5 Å². The standard InChI is InChI=1S/C21H18F3N5O3/c1-11-16(18(31)26-13-6-4-3-5-7-13)17(12-8-9-15(32-2)14(30)10-12)29-20(25-11)27-19(28-29)21(22,23)24/h3-10,17,30H,1-2H3,(H,26,31)(H,25,27,28)/t17-/m1/s1. The molecule has 1 aliphatic heterocycles. The summed E-state index contributed by atoms with van der Waals surface area (Å²) in [6, 6.07) is 11.8. The van der Waals surface area contributed by atoms with Crippen LogP contribution in [0.15, 0.2) is 59.8 Å². The number of halogens is 3. The lowest BCUT2D eigenvalue weighted by Crippen LogP contribution is -2.31. The fourth-order valence-electron chi connectivity index (χ4n) is 3.47. The number of phenolic OH excluding ortho intramolecular Hbond substituents is 1. The summed E-state index contributed by atoms with van der Waals surface area (Å²) in [6.07, 6.45) is -4.78. The van der Waals surface area contributed by atoms with Gasteiger partial charge < -0.3 is 20.5 Å². The Balaban J connectivity index is 1.84. The largest absolute Gasteiger partial charge is 0.504 e. The quantitative estimate of drug-likeness (QED) is 0.563. The predicted molar refractivity (Wildman–Crippen MR) is 109 cm³/mol. The number of methoxy groups -OCH3 is 1. The number of aromatic nitrogens is 3. The molecule has 0 radical (unpaired) electrons. The minimum atomic E-state index is -4.78. The van der Waals surface area contributed by atoms with Crippen LogP contribution in [0.2, 0.25) is 0 Å². The lowest BCUT2D eigenvalue weighted by atomic mass is 9.94. The second kappa shape index (κ2) is 7.91. The number of phenols is 1. The number of hydrogen-bond acceptors (Lipinski definition) is 6. The summed E-state index contributed by atoms with van der Waals surface area (Å²) in [5, 5.41) is 19.3. The highest BCUT2D eigenvalue weighted by molar-refractivity contribution is 6.06. The zero-order valence-corrected chi connectivity index (χ0v) is 16.9. The van der Waals surface area contributed by atoms with Crippen molar-refractivity contribution in [3.05, 3.63) is 71.2 Å². The summed E-state index contributed by atoms with van der Waals surface area (Å²) in [5.74, 6) is -2.13. The van der Waals surface area contributed by atoms with Crippen LogP contribution in [0.4, 0.5) is 24.8 Å². The molecular formula is C21H18F3N5O3. The Bertz CT molecular complexity index is 1210. The normalized spacial score (nSPS) is 15.7. The highest BCUT2D eigenvalue weighted by Crippen LogP contribution is 2.40. The van der Waals surface area contributed by atoms with Crippen LogP contribution in [0.5, 0.6) is 11.5 Å². The summed E-state index contributed by atoms with van der Waals surface area (Å²) < 4.78 is 45.9. The third-order valence-electron chi connectivity index (χ3n) is 4.90. The molecule has 4 rings (SSSR count). The van der Waals surface area contributed by atoms with E-state index in [1.165, 1.54) is 25.3 Å². The number of nitrogens with zero attached hydrogens (tertiary/aromatic N) is 3. The number of ether oxygens (including phenoxy) is 1. The lowest BCUT2D eigenvalue weighted by molar-refractivity contribution is -0.145. The Labute approximate surface area is 180 Å². The lowest BCUT2D eigenvalue weighted by Gasteiger charge is -2.29. The Morgan fingerprint density at radius 2 is 1.94 bits per heavy atom. The molecule has 0 saturated carbocycles. The number of benzene rings is 2. The van der Waals surface area contributed by atoms with Crippen LogP contribution >= 0.6 is 0 Å². The molecule has 2 heterocycles. The third kappa shape index (κ3) is 3.84. The fraction of sp³-hybridized carbons (Fsp3) is 0.190. The molecule has 11 heteroatoms. The number of allylic oxidation sites excluding steroid dienone is 1. The van der Waals surface area contributed by atoms with Gasteiger partial charge in [0.1, 0.15) is 6.04 Å². The van der Waals surface area contributed by atoms with E-state index in [4.69, 9.17) is 4.74 Å². The molecule has 32 heavy (non-hydrogen) atoms. The van der Waals surface area contributed by atoms with Crippen molar-refractivity contribution in [1.29, 1.82) is 0 Å². The molecule has 3 N–H and O–H groups in total. The number of amides is 1. The molecule has 0 bridgehead atoms. The van der Waals surface area contributed by atoms with Gasteiger partial charge in [0.25, 0.3) is 11.7 Å². The molecule has 8 nitrogen and oxygen atoms in total. The van der Waals surface area contributed by atoms with Crippen molar-refractivity contribution in [2.45, 2.75) is 19.1 Å². The monoisotopic (exact) mass is 445 g/mol. The summed E-state index contributed by atoms with van der Waals surface area (Å²) >= 11 is 0. The number of anilines is 2. The van der Waals surface area contributed by atoms with Gasteiger partial charge >= 0.3 is 6.18 Å². The summed E-state index contributed by atoms with van der Waals surface area (Å²) in [6.45, 7) is 1.56. The third-order valence-corrected chi connectivity index (χ3v) is 4.90. The second-order valence-corrected chi connectivity index (χ2v) is 7.02. The van der Waals surface area contributed by atoms with Gasteiger partial charge in [0.05, 0.1) is 12.7 Å². The van der Waals surface area contributed by atoms with E-state index in [1.54, 1.807) is 37.3 Å². The molecular weight excluding hydrogens is 427 g/mol. The minimum Gasteiger partial charge on any atom is -0.504 e. The van der Waals surface area contributed by atoms with Gasteiger partial charge in [0.2, 0.25) is 5.95 Å². The van der Waals surface area contributed by atoms with Crippen LogP contribution in [0.25, 0.3) is 0 Å². The van der Waals surface area contributed by atoms with Crippen molar-refractivity contribution in [1.82, 2.24) is 14.8 Å².